The number of hydrogen-bond acceptors (Lipinski definition) is 3. The van der Waals surface area contributed by atoms with Crippen molar-refractivity contribution in [1.82, 2.24) is 9.55 Å². The summed E-state index contributed by atoms with van der Waals surface area (Å²) in [7, 11) is 11.5. The standard InChI is InChI=1S/C21H22N4.2ClH.Fe/c1-15-11-16(2)21(17(3)12-15)24-14-19-9-8-18(25(19)4)13-23-20-7-5-6-10-22-20;;;/h5-14H,1-4H3;2*1H;/q;;;+2/p-2/b23-13+,24-14?;;;. The second-order valence-corrected chi connectivity index (χ2v) is 8.07. The van der Waals surface area contributed by atoms with E-state index in [2.05, 4.69) is 47.4 Å². The van der Waals surface area contributed by atoms with Gasteiger partial charge in [0, 0.05) is 13.2 Å². The van der Waals surface area contributed by atoms with Crippen LogP contribution in [0.25, 0.3) is 0 Å². The van der Waals surface area contributed by atoms with Crippen LogP contribution >= 0.6 is 20.2 Å². The number of nitrogens with zero attached hydrogens (tertiary/aromatic N) is 4. The number of aromatic nitrogens is 2. The van der Waals surface area contributed by atoms with Crippen molar-refractivity contribution in [2.45, 2.75) is 20.8 Å². The van der Waals surface area contributed by atoms with Crippen molar-refractivity contribution < 1.29 is 13.1 Å². The van der Waals surface area contributed by atoms with Crippen LogP contribution in [0.4, 0.5) is 11.5 Å². The molecule has 0 N–H and O–H groups in total. The zero-order valence-electron chi connectivity index (χ0n) is 16.2. The molecule has 0 amide bonds. The number of aryl methyl sites for hydroxylation is 3. The van der Waals surface area contributed by atoms with Gasteiger partial charge in [0.25, 0.3) is 0 Å². The number of aliphatic imine (C=N–C) groups is 2. The van der Waals surface area contributed by atoms with Gasteiger partial charge < -0.3 is 4.57 Å². The third-order valence-corrected chi connectivity index (χ3v) is 4.14. The van der Waals surface area contributed by atoms with Crippen molar-refractivity contribution in [3.8, 4) is 0 Å². The fourth-order valence-corrected chi connectivity index (χ4v) is 2.87. The number of rotatable bonds is 4. The summed E-state index contributed by atoms with van der Waals surface area (Å²) < 4.78 is 2.06. The van der Waals surface area contributed by atoms with Crippen LogP contribution in [0.5, 0.6) is 0 Å². The first-order valence-corrected chi connectivity index (χ1v) is 11.6. The summed E-state index contributed by atoms with van der Waals surface area (Å²) in [6.07, 6.45) is 5.47. The molecule has 3 aromatic rings. The van der Waals surface area contributed by atoms with Gasteiger partial charge in [-0.05, 0) is 56.2 Å². The van der Waals surface area contributed by atoms with E-state index in [9.17, 15) is 0 Å². The van der Waals surface area contributed by atoms with E-state index in [4.69, 9.17) is 25.2 Å². The molecule has 148 valence electrons. The Morgan fingerprint density at radius 2 is 1.50 bits per heavy atom. The number of benzene rings is 1. The average Bonchev–Trinajstić information content (AvgIpc) is 3.00. The van der Waals surface area contributed by atoms with Crippen LogP contribution in [-0.4, -0.2) is 22.0 Å². The zero-order chi connectivity index (χ0) is 20.5. The molecule has 0 saturated carbocycles. The van der Waals surface area contributed by atoms with Crippen molar-refractivity contribution in [3.63, 3.8) is 0 Å². The normalized spacial score (nSPS) is 11.2. The Hall–Kier alpha value is -1.91. The first kappa shape index (κ1) is 22.4. The van der Waals surface area contributed by atoms with E-state index in [-0.39, 0.29) is 13.1 Å². The first-order chi connectivity index (χ1) is 13.5. The molecule has 2 aromatic heterocycles. The maximum absolute atomic E-state index is 4.76. The predicted octanol–water partition coefficient (Wildman–Crippen LogP) is 6.22. The Labute approximate surface area is 181 Å². The van der Waals surface area contributed by atoms with Crippen molar-refractivity contribution in [2.24, 2.45) is 17.0 Å². The van der Waals surface area contributed by atoms with Gasteiger partial charge in [-0.1, -0.05) is 23.8 Å². The Kier molecular flexibility index (Phi) is 8.93. The van der Waals surface area contributed by atoms with Gasteiger partial charge in [-0.3, -0.25) is 4.99 Å². The molecule has 0 unspecified atom stereocenters. The fraction of sp³-hybridized carbons (Fsp3) is 0.190. The molecule has 1 aromatic carbocycles. The quantitative estimate of drug-likeness (QED) is 0.339. The van der Waals surface area contributed by atoms with Crippen LogP contribution in [0.15, 0.2) is 58.6 Å². The summed E-state index contributed by atoms with van der Waals surface area (Å²) in [5.74, 6) is 0.699. The number of hydrogen-bond donors (Lipinski definition) is 0. The van der Waals surface area contributed by atoms with Crippen molar-refractivity contribution >= 4 is 44.1 Å². The summed E-state index contributed by atoms with van der Waals surface area (Å²) in [4.78, 5) is 13.3. The number of pyridine rings is 1. The van der Waals surface area contributed by atoms with Gasteiger partial charge in [0.1, 0.15) is 0 Å². The molecule has 0 aliphatic heterocycles. The maximum atomic E-state index is 4.76. The molecule has 4 nitrogen and oxygen atoms in total. The van der Waals surface area contributed by atoms with Crippen LogP contribution < -0.4 is 0 Å². The molecule has 0 fully saturated rings. The van der Waals surface area contributed by atoms with Gasteiger partial charge in [-0.2, -0.15) is 0 Å². The Morgan fingerprint density at radius 1 is 0.929 bits per heavy atom. The zero-order valence-corrected chi connectivity index (χ0v) is 18.8. The van der Waals surface area contributed by atoms with Crippen molar-refractivity contribution in [2.75, 3.05) is 0 Å². The predicted molar refractivity (Wildman–Crippen MR) is 117 cm³/mol. The van der Waals surface area contributed by atoms with Crippen molar-refractivity contribution in [1.29, 1.82) is 0 Å². The van der Waals surface area contributed by atoms with Crippen LogP contribution in [0, 0.1) is 20.8 Å². The van der Waals surface area contributed by atoms with Crippen molar-refractivity contribution in [3.05, 3.63) is 76.7 Å². The second kappa shape index (κ2) is 11.2. The topological polar surface area (TPSA) is 42.5 Å². The van der Waals surface area contributed by atoms with E-state index in [1.807, 2.05) is 49.8 Å². The van der Waals surface area contributed by atoms with E-state index in [0.717, 1.165) is 17.1 Å². The van der Waals surface area contributed by atoms with E-state index >= 15 is 0 Å². The Bertz CT molecular complexity index is 943. The molecule has 0 aliphatic carbocycles. The van der Waals surface area contributed by atoms with Gasteiger partial charge in [-0.25, -0.2) is 9.98 Å². The summed E-state index contributed by atoms with van der Waals surface area (Å²) >= 11 is 0.194. The van der Waals surface area contributed by atoms with Gasteiger partial charge in [-0.15, -0.1) is 0 Å². The molecular weight excluding hydrogens is 435 g/mol. The molecule has 2 heterocycles. The van der Waals surface area contributed by atoms with E-state index in [0.29, 0.717) is 5.82 Å². The summed E-state index contributed by atoms with van der Waals surface area (Å²) in [6.45, 7) is 6.31. The molecule has 0 atom stereocenters. The first-order valence-electron chi connectivity index (χ1n) is 8.54. The third-order valence-electron chi connectivity index (χ3n) is 4.14. The van der Waals surface area contributed by atoms with Crippen LogP contribution in [0.2, 0.25) is 0 Å². The molecule has 0 radical (unpaired) electrons. The Morgan fingerprint density at radius 3 is 2.04 bits per heavy atom. The van der Waals surface area contributed by atoms with E-state index in [1.165, 1.54) is 16.7 Å². The second-order valence-electron chi connectivity index (χ2n) is 6.24. The van der Waals surface area contributed by atoms with Crippen LogP contribution in [0.1, 0.15) is 28.1 Å². The molecule has 0 spiro atoms. The molecule has 7 heteroatoms. The molecule has 3 rings (SSSR count). The summed E-state index contributed by atoms with van der Waals surface area (Å²) in [5.41, 5.74) is 6.72. The van der Waals surface area contributed by atoms with Gasteiger partial charge >= 0.3 is 33.3 Å². The molecule has 28 heavy (non-hydrogen) atoms. The third kappa shape index (κ3) is 6.32. The number of halogens is 2. The minimum atomic E-state index is 0.194. The summed E-state index contributed by atoms with van der Waals surface area (Å²) in [6, 6.07) is 14.1. The molecular formula is C21H22Cl2FeN4. The summed E-state index contributed by atoms with van der Waals surface area (Å²) in [5, 5.41) is 0. The van der Waals surface area contributed by atoms with Gasteiger partial charge in [0.2, 0.25) is 0 Å². The van der Waals surface area contributed by atoms with E-state index in [1.54, 1.807) is 6.20 Å². The fourth-order valence-electron chi connectivity index (χ4n) is 2.87. The molecule has 0 saturated heterocycles. The van der Waals surface area contributed by atoms with Gasteiger partial charge in [0.05, 0.1) is 29.5 Å². The molecule has 0 bridgehead atoms. The Balaban J connectivity index is 0.000000878. The monoisotopic (exact) mass is 456 g/mol. The van der Waals surface area contributed by atoms with E-state index < -0.39 is 0 Å². The average molecular weight is 457 g/mol. The van der Waals surface area contributed by atoms with Crippen LogP contribution in [0.3, 0.4) is 0 Å². The SMILES string of the molecule is Cc1cc(C)c(N=Cc2ccc(/C=N/c3ccccn3)n2C)c(C)c1.[Cl][Fe][Cl]. The van der Waals surface area contributed by atoms with Crippen LogP contribution in [-0.2, 0) is 20.2 Å². The minimum absolute atomic E-state index is 0.194. The van der Waals surface area contributed by atoms with Gasteiger partial charge in [0.15, 0.2) is 5.82 Å². The molecule has 0 aliphatic rings.